The molecule has 0 N–H and O–H groups in total. The van der Waals surface area contributed by atoms with E-state index in [0.717, 1.165) is 17.7 Å². The molecule has 0 atom stereocenters. The largest absolute Gasteiger partial charge is 0.457 e. The first-order chi connectivity index (χ1) is 7.78. The van der Waals surface area contributed by atoms with Crippen molar-refractivity contribution in [1.29, 1.82) is 0 Å². The van der Waals surface area contributed by atoms with Crippen molar-refractivity contribution >= 4 is 0 Å². The second kappa shape index (κ2) is 4.79. The van der Waals surface area contributed by atoms with E-state index in [-0.39, 0.29) is 5.82 Å². The first kappa shape index (κ1) is 10.7. The lowest BCUT2D eigenvalue weighted by molar-refractivity contribution is 0.476. The summed E-state index contributed by atoms with van der Waals surface area (Å²) >= 11 is 0. The van der Waals surface area contributed by atoms with E-state index in [2.05, 4.69) is 0 Å². The van der Waals surface area contributed by atoms with Gasteiger partial charge in [0.05, 0.1) is 0 Å². The molecule has 1 nitrogen and oxygen atoms in total. The molecule has 0 bridgehead atoms. The molecule has 0 saturated heterocycles. The van der Waals surface area contributed by atoms with Crippen LogP contribution in [0.15, 0.2) is 48.5 Å². The molecule has 16 heavy (non-hydrogen) atoms. The third-order valence-electron chi connectivity index (χ3n) is 2.32. The van der Waals surface area contributed by atoms with E-state index >= 15 is 0 Å². The zero-order valence-electron chi connectivity index (χ0n) is 9.11. The fourth-order valence-electron chi connectivity index (χ4n) is 1.51. The minimum atomic E-state index is -0.259. The monoisotopic (exact) mass is 216 g/mol. The average molecular weight is 216 g/mol. The molecule has 0 unspecified atom stereocenters. The van der Waals surface area contributed by atoms with Crippen LogP contribution in [0.5, 0.6) is 11.5 Å². The molecule has 2 aromatic carbocycles. The molecule has 0 fully saturated rings. The maximum Gasteiger partial charge on any atom is 0.130 e. The highest BCUT2D eigenvalue weighted by molar-refractivity contribution is 5.34. The second-order valence-corrected chi connectivity index (χ2v) is 3.56. The van der Waals surface area contributed by atoms with Crippen LogP contribution < -0.4 is 4.74 Å². The van der Waals surface area contributed by atoms with Gasteiger partial charge in [-0.05, 0) is 36.2 Å². The predicted molar refractivity (Wildman–Crippen MR) is 62.3 cm³/mol. The fraction of sp³-hybridized carbons (Fsp3) is 0.143. The van der Waals surface area contributed by atoms with Gasteiger partial charge in [-0.25, -0.2) is 4.39 Å². The van der Waals surface area contributed by atoms with E-state index in [1.807, 2.05) is 43.3 Å². The maximum absolute atomic E-state index is 13.2. The number of hydrogen-bond acceptors (Lipinski definition) is 1. The molecule has 0 aliphatic rings. The van der Waals surface area contributed by atoms with Crippen molar-refractivity contribution < 1.29 is 9.13 Å². The van der Waals surface area contributed by atoms with E-state index < -0.39 is 0 Å². The first-order valence-corrected chi connectivity index (χ1v) is 5.30. The van der Waals surface area contributed by atoms with E-state index in [4.69, 9.17) is 4.74 Å². The Balaban J connectivity index is 2.24. The molecule has 2 heteroatoms. The lowest BCUT2D eigenvalue weighted by Crippen LogP contribution is -1.88. The van der Waals surface area contributed by atoms with Gasteiger partial charge in [0.25, 0.3) is 0 Å². The third kappa shape index (κ3) is 2.60. The Labute approximate surface area is 94.5 Å². The van der Waals surface area contributed by atoms with Crippen molar-refractivity contribution in [2.75, 3.05) is 0 Å². The molecule has 0 spiro atoms. The van der Waals surface area contributed by atoms with Crippen LogP contribution in [0.4, 0.5) is 4.39 Å². The van der Waals surface area contributed by atoms with Crippen molar-refractivity contribution in [3.63, 3.8) is 0 Å². The number of para-hydroxylation sites is 1. The summed E-state index contributed by atoms with van der Waals surface area (Å²) in [5, 5.41) is 0. The minimum Gasteiger partial charge on any atom is -0.457 e. The van der Waals surface area contributed by atoms with Gasteiger partial charge in [-0.3, -0.25) is 0 Å². The van der Waals surface area contributed by atoms with Crippen LogP contribution in [0.25, 0.3) is 0 Å². The highest BCUT2D eigenvalue weighted by atomic mass is 19.1. The molecule has 2 aromatic rings. The molecule has 0 heterocycles. The number of hydrogen-bond donors (Lipinski definition) is 0. The van der Waals surface area contributed by atoms with Gasteiger partial charge in [-0.15, -0.1) is 0 Å². The third-order valence-corrected chi connectivity index (χ3v) is 2.32. The van der Waals surface area contributed by atoms with Gasteiger partial charge in [-0.2, -0.15) is 0 Å². The normalized spacial score (nSPS) is 10.1. The average Bonchev–Trinajstić information content (AvgIpc) is 2.29. The van der Waals surface area contributed by atoms with Crippen LogP contribution in [0.2, 0.25) is 0 Å². The van der Waals surface area contributed by atoms with Crippen LogP contribution in [0, 0.1) is 5.82 Å². The molecule has 0 radical (unpaired) electrons. The van der Waals surface area contributed by atoms with E-state index in [1.165, 1.54) is 12.1 Å². The highest BCUT2D eigenvalue weighted by Gasteiger charge is 2.01. The lowest BCUT2D eigenvalue weighted by Gasteiger charge is -2.07. The number of benzene rings is 2. The fourth-order valence-corrected chi connectivity index (χ4v) is 1.51. The Morgan fingerprint density at radius 1 is 1.00 bits per heavy atom. The summed E-state index contributed by atoms with van der Waals surface area (Å²) in [4.78, 5) is 0. The van der Waals surface area contributed by atoms with Crippen LogP contribution in [-0.2, 0) is 6.42 Å². The zero-order chi connectivity index (χ0) is 11.4. The Bertz CT molecular complexity index is 465. The zero-order valence-corrected chi connectivity index (χ0v) is 9.11. The lowest BCUT2D eigenvalue weighted by atomic mass is 10.1. The van der Waals surface area contributed by atoms with Crippen molar-refractivity contribution in [3.8, 4) is 11.5 Å². The van der Waals surface area contributed by atoms with E-state index in [1.54, 1.807) is 0 Å². The molecule has 0 saturated carbocycles. The van der Waals surface area contributed by atoms with Gasteiger partial charge < -0.3 is 4.74 Å². The number of ether oxygens (including phenoxy) is 1. The molecule has 0 aromatic heterocycles. The predicted octanol–water partition coefficient (Wildman–Crippen LogP) is 4.18. The Hall–Kier alpha value is -1.83. The van der Waals surface area contributed by atoms with Gasteiger partial charge in [0.15, 0.2) is 0 Å². The quantitative estimate of drug-likeness (QED) is 0.747. The summed E-state index contributed by atoms with van der Waals surface area (Å²) in [6, 6.07) is 14.1. The topological polar surface area (TPSA) is 9.23 Å². The molecular formula is C14H13FO. The minimum absolute atomic E-state index is 0.259. The first-order valence-electron chi connectivity index (χ1n) is 5.30. The van der Waals surface area contributed by atoms with Gasteiger partial charge in [0, 0.05) is 6.07 Å². The van der Waals surface area contributed by atoms with Crippen molar-refractivity contribution in [1.82, 2.24) is 0 Å². The van der Waals surface area contributed by atoms with Crippen LogP contribution in [0.1, 0.15) is 12.5 Å². The van der Waals surface area contributed by atoms with Gasteiger partial charge in [-0.1, -0.05) is 25.1 Å². The molecule has 0 aliphatic carbocycles. The Morgan fingerprint density at radius 3 is 2.44 bits per heavy atom. The van der Waals surface area contributed by atoms with Gasteiger partial charge >= 0.3 is 0 Å². The van der Waals surface area contributed by atoms with E-state index in [0.29, 0.717) is 5.75 Å². The van der Waals surface area contributed by atoms with E-state index in [9.17, 15) is 4.39 Å². The summed E-state index contributed by atoms with van der Waals surface area (Å²) in [5.41, 5.74) is 0.936. The highest BCUT2D eigenvalue weighted by Crippen LogP contribution is 2.23. The summed E-state index contributed by atoms with van der Waals surface area (Å²) < 4.78 is 18.8. The number of halogens is 1. The van der Waals surface area contributed by atoms with Crippen molar-refractivity contribution in [3.05, 3.63) is 59.9 Å². The SMILES string of the molecule is CCc1cc(F)cc(Oc2ccccc2)c1. The molecule has 82 valence electrons. The smallest absolute Gasteiger partial charge is 0.130 e. The van der Waals surface area contributed by atoms with Crippen molar-refractivity contribution in [2.24, 2.45) is 0 Å². The number of aryl methyl sites for hydroxylation is 1. The summed E-state index contributed by atoms with van der Waals surface area (Å²) in [6.45, 7) is 1.99. The molecule has 2 rings (SSSR count). The van der Waals surface area contributed by atoms with Crippen LogP contribution in [-0.4, -0.2) is 0 Å². The Kier molecular flexibility index (Phi) is 3.20. The summed E-state index contributed by atoms with van der Waals surface area (Å²) in [6.07, 6.45) is 0.795. The van der Waals surface area contributed by atoms with Gasteiger partial charge in [0.1, 0.15) is 17.3 Å². The standard InChI is InChI=1S/C14H13FO/c1-2-11-8-12(15)10-14(9-11)16-13-6-4-3-5-7-13/h3-10H,2H2,1H3. The maximum atomic E-state index is 13.2. The van der Waals surface area contributed by atoms with Crippen LogP contribution >= 0.6 is 0 Å². The second-order valence-electron chi connectivity index (χ2n) is 3.56. The Morgan fingerprint density at radius 2 is 1.75 bits per heavy atom. The van der Waals surface area contributed by atoms with Crippen LogP contribution in [0.3, 0.4) is 0 Å². The van der Waals surface area contributed by atoms with Gasteiger partial charge in [0.2, 0.25) is 0 Å². The molecule has 0 amide bonds. The number of rotatable bonds is 3. The summed E-state index contributed by atoms with van der Waals surface area (Å²) in [5.74, 6) is 1.00. The summed E-state index contributed by atoms with van der Waals surface area (Å²) in [7, 11) is 0. The molecule has 0 aliphatic heterocycles. The molecular weight excluding hydrogens is 203 g/mol. The van der Waals surface area contributed by atoms with Crippen molar-refractivity contribution in [2.45, 2.75) is 13.3 Å².